The molecule has 0 N–H and O–H groups in total. The van der Waals surface area contributed by atoms with Crippen molar-refractivity contribution in [3.63, 3.8) is 0 Å². The summed E-state index contributed by atoms with van der Waals surface area (Å²) in [5.41, 5.74) is 1.94. The van der Waals surface area contributed by atoms with Gasteiger partial charge >= 0.3 is 0 Å². The number of hydrogen-bond donors (Lipinski definition) is 0. The van der Waals surface area contributed by atoms with Gasteiger partial charge in [-0.15, -0.1) is 0 Å². The third-order valence-corrected chi connectivity index (χ3v) is 3.79. The number of ether oxygens (including phenoxy) is 2. The largest absolute Gasteiger partial charge is 0.493 e. The van der Waals surface area contributed by atoms with Crippen LogP contribution in [0.25, 0.3) is 0 Å². The van der Waals surface area contributed by atoms with E-state index in [1.165, 1.54) is 14.2 Å². The molecule has 0 unspecified atom stereocenters. The molecule has 0 saturated heterocycles. The normalized spacial score (nSPS) is 10.3. The highest BCUT2D eigenvalue weighted by molar-refractivity contribution is 9.10. The van der Waals surface area contributed by atoms with Gasteiger partial charge in [0.15, 0.2) is 17.3 Å². The number of methoxy groups -OCH3 is 2. The van der Waals surface area contributed by atoms with Gasteiger partial charge in [0.05, 0.1) is 19.2 Å². The predicted octanol–water partition coefficient (Wildman–Crippen LogP) is 4.66. The van der Waals surface area contributed by atoms with Crippen molar-refractivity contribution in [2.75, 3.05) is 14.2 Å². The second-order valence-electron chi connectivity index (χ2n) is 4.53. The molecule has 0 radical (unpaired) electrons. The summed E-state index contributed by atoms with van der Waals surface area (Å²) in [5.74, 6) is 0.798. The van der Waals surface area contributed by atoms with Crippen molar-refractivity contribution in [2.24, 2.45) is 0 Å². The highest BCUT2D eigenvalue weighted by Crippen LogP contribution is 2.34. The predicted molar refractivity (Wildman–Crippen MR) is 86.9 cm³/mol. The lowest BCUT2D eigenvalue weighted by Crippen LogP contribution is -2.04. The van der Waals surface area contributed by atoms with E-state index in [1.54, 1.807) is 18.2 Å². The molecule has 0 aliphatic carbocycles. The third kappa shape index (κ3) is 3.39. The third-order valence-electron chi connectivity index (χ3n) is 3.02. The maximum absolute atomic E-state index is 12.6. The van der Waals surface area contributed by atoms with Crippen LogP contribution < -0.4 is 9.47 Å². The van der Waals surface area contributed by atoms with Crippen molar-refractivity contribution < 1.29 is 14.3 Å². The number of benzene rings is 2. The zero-order valence-electron chi connectivity index (χ0n) is 11.9. The number of hydrogen-bond acceptors (Lipinski definition) is 3. The van der Waals surface area contributed by atoms with Crippen molar-refractivity contribution in [3.8, 4) is 11.5 Å². The molecular weight excluding hydrogens is 356 g/mol. The Morgan fingerprint density at radius 1 is 1.05 bits per heavy atom. The Hall–Kier alpha value is -1.52. The summed E-state index contributed by atoms with van der Waals surface area (Å²) in [4.78, 5) is 12.6. The minimum atomic E-state index is -0.162. The molecule has 2 rings (SSSR count). The van der Waals surface area contributed by atoms with E-state index in [4.69, 9.17) is 21.1 Å². The van der Waals surface area contributed by atoms with Crippen molar-refractivity contribution >= 4 is 33.3 Å². The van der Waals surface area contributed by atoms with Gasteiger partial charge < -0.3 is 9.47 Å². The van der Waals surface area contributed by atoms with Gasteiger partial charge in [0, 0.05) is 21.7 Å². The van der Waals surface area contributed by atoms with E-state index in [2.05, 4.69) is 15.9 Å². The fraction of sp³-hybridized carbons (Fsp3) is 0.188. The van der Waals surface area contributed by atoms with E-state index >= 15 is 0 Å². The molecule has 0 amide bonds. The summed E-state index contributed by atoms with van der Waals surface area (Å²) < 4.78 is 11.2. The Kier molecular flexibility index (Phi) is 4.91. The van der Waals surface area contributed by atoms with Crippen LogP contribution in [-0.2, 0) is 0 Å². The van der Waals surface area contributed by atoms with E-state index in [0.29, 0.717) is 27.6 Å². The van der Waals surface area contributed by atoms with E-state index in [1.807, 2.05) is 19.1 Å². The van der Waals surface area contributed by atoms with E-state index in [-0.39, 0.29) is 5.78 Å². The average Bonchev–Trinajstić information content (AvgIpc) is 2.45. The summed E-state index contributed by atoms with van der Waals surface area (Å²) in [7, 11) is 3.04. The van der Waals surface area contributed by atoms with Crippen LogP contribution in [0.15, 0.2) is 34.8 Å². The molecular formula is C16H14BrClO3. The molecule has 0 aliphatic heterocycles. The lowest BCUT2D eigenvalue weighted by Gasteiger charge is -2.11. The lowest BCUT2D eigenvalue weighted by molar-refractivity contribution is 0.103. The van der Waals surface area contributed by atoms with Gasteiger partial charge in [-0.3, -0.25) is 4.79 Å². The molecule has 0 heterocycles. The van der Waals surface area contributed by atoms with Crippen LogP contribution in [0.1, 0.15) is 21.5 Å². The Labute approximate surface area is 137 Å². The number of halogens is 2. The molecule has 0 fully saturated rings. The van der Waals surface area contributed by atoms with Gasteiger partial charge in [0.2, 0.25) is 0 Å². The SMILES string of the molecule is COc1cc(Cl)c(C(=O)c2cc(C)cc(Br)c2)cc1OC. The van der Waals surface area contributed by atoms with Gasteiger partial charge in [-0.2, -0.15) is 0 Å². The number of carbonyl (C=O) groups excluding carboxylic acids is 1. The summed E-state index contributed by atoms with van der Waals surface area (Å²) >= 11 is 9.59. The van der Waals surface area contributed by atoms with Crippen LogP contribution in [0.4, 0.5) is 0 Å². The fourth-order valence-electron chi connectivity index (χ4n) is 2.05. The zero-order chi connectivity index (χ0) is 15.6. The van der Waals surface area contributed by atoms with Crippen molar-refractivity contribution in [3.05, 3.63) is 56.5 Å². The molecule has 0 saturated carbocycles. The first-order valence-corrected chi connectivity index (χ1v) is 7.36. The molecule has 21 heavy (non-hydrogen) atoms. The van der Waals surface area contributed by atoms with Gasteiger partial charge in [0.25, 0.3) is 0 Å². The Balaban J connectivity index is 2.52. The molecule has 3 nitrogen and oxygen atoms in total. The Morgan fingerprint density at radius 2 is 1.67 bits per heavy atom. The van der Waals surface area contributed by atoms with Crippen LogP contribution >= 0.6 is 27.5 Å². The fourth-order valence-corrected chi connectivity index (χ4v) is 2.90. The topological polar surface area (TPSA) is 35.5 Å². The van der Waals surface area contributed by atoms with Crippen molar-refractivity contribution in [1.82, 2.24) is 0 Å². The molecule has 2 aromatic carbocycles. The highest BCUT2D eigenvalue weighted by Gasteiger charge is 2.18. The van der Waals surface area contributed by atoms with Crippen molar-refractivity contribution in [1.29, 1.82) is 0 Å². The van der Waals surface area contributed by atoms with Crippen LogP contribution in [-0.4, -0.2) is 20.0 Å². The maximum Gasteiger partial charge on any atom is 0.194 e. The molecule has 0 aliphatic rings. The Morgan fingerprint density at radius 3 is 2.24 bits per heavy atom. The van der Waals surface area contributed by atoms with E-state index in [9.17, 15) is 4.79 Å². The minimum Gasteiger partial charge on any atom is -0.493 e. The monoisotopic (exact) mass is 368 g/mol. The van der Waals surface area contributed by atoms with Crippen LogP contribution in [0.2, 0.25) is 5.02 Å². The molecule has 0 atom stereocenters. The zero-order valence-corrected chi connectivity index (χ0v) is 14.2. The smallest absolute Gasteiger partial charge is 0.194 e. The first-order chi connectivity index (χ1) is 9.96. The first kappa shape index (κ1) is 15.9. The number of rotatable bonds is 4. The number of ketones is 1. The van der Waals surface area contributed by atoms with Crippen molar-refractivity contribution in [2.45, 2.75) is 6.92 Å². The lowest BCUT2D eigenvalue weighted by atomic mass is 10.0. The highest BCUT2D eigenvalue weighted by atomic mass is 79.9. The van der Waals surface area contributed by atoms with Crippen LogP contribution in [0, 0.1) is 6.92 Å². The van der Waals surface area contributed by atoms with Gasteiger partial charge in [-0.05, 0) is 36.8 Å². The molecule has 5 heteroatoms. The molecule has 0 aromatic heterocycles. The second-order valence-corrected chi connectivity index (χ2v) is 5.86. The summed E-state index contributed by atoms with van der Waals surface area (Å²) in [5, 5.41) is 0.329. The number of carbonyl (C=O) groups is 1. The molecule has 0 spiro atoms. The molecule has 2 aromatic rings. The maximum atomic E-state index is 12.6. The van der Waals surface area contributed by atoms with Crippen LogP contribution in [0.3, 0.4) is 0 Å². The number of aryl methyl sites for hydroxylation is 1. The van der Waals surface area contributed by atoms with Gasteiger partial charge in [-0.25, -0.2) is 0 Å². The van der Waals surface area contributed by atoms with Gasteiger partial charge in [0.1, 0.15) is 0 Å². The average molecular weight is 370 g/mol. The Bertz CT molecular complexity index is 678. The summed E-state index contributed by atoms with van der Waals surface area (Å²) in [6, 6.07) is 8.70. The summed E-state index contributed by atoms with van der Waals surface area (Å²) in [6.07, 6.45) is 0. The molecule has 0 bridgehead atoms. The second kappa shape index (κ2) is 6.50. The molecule has 110 valence electrons. The summed E-state index contributed by atoms with van der Waals surface area (Å²) in [6.45, 7) is 1.93. The van der Waals surface area contributed by atoms with E-state index < -0.39 is 0 Å². The quantitative estimate of drug-likeness (QED) is 0.735. The minimum absolute atomic E-state index is 0.162. The standard InChI is InChI=1S/C16H14BrClO3/c1-9-4-10(6-11(17)5-9)16(19)12-7-14(20-2)15(21-3)8-13(12)18/h4-8H,1-3H3. The van der Waals surface area contributed by atoms with E-state index in [0.717, 1.165) is 10.0 Å². The van der Waals surface area contributed by atoms with Crippen LogP contribution in [0.5, 0.6) is 11.5 Å². The first-order valence-electron chi connectivity index (χ1n) is 6.19. The van der Waals surface area contributed by atoms with Gasteiger partial charge in [-0.1, -0.05) is 27.5 Å².